The Hall–Kier alpha value is -0.0400. The van der Waals surface area contributed by atoms with Gasteiger partial charge in [-0.2, -0.15) is 0 Å². The van der Waals surface area contributed by atoms with Crippen molar-refractivity contribution in [1.82, 2.24) is 0 Å². The van der Waals surface area contributed by atoms with Crippen LogP contribution in [-0.4, -0.2) is 12.2 Å². The molecule has 1 rings (SSSR count). The fourth-order valence-corrected chi connectivity index (χ4v) is 3.24. The molecule has 1 saturated heterocycles. The molecule has 2 unspecified atom stereocenters. The molecule has 1 heteroatoms. The minimum absolute atomic E-state index is 0.631. The van der Waals surface area contributed by atoms with Crippen LogP contribution in [0.25, 0.3) is 0 Å². The summed E-state index contributed by atoms with van der Waals surface area (Å²) in [6.07, 6.45) is 20.9. The van der Waals surface area contributed by atoms with Crippen molar-refractivity contribution in [1.29, 1.82) is 0 Å². The average Bonchev–Trinajstić information content (AvgIpc) is 3.20. The van der Waals surface area contributed by atoms with Crippen molar-refractivity contribution in [2.24, 2.45) is 5.92 Å². The lowest BCUT2D eigenvalue weighted by Gasteiger charge is -2.02. The third-order valence-corrected chi connectivity index (χ3v) is 4.80. The standard InChI is InChI=1S/C20H40O/c1-4-5-6-7-8-9-10-11-12-16-19-20(21-19)17-14-13-15-18(2)3/h18-20H,4-17H2,1-3H3. The summed E-state index contributed by atoms with van der Waals surface area (Å²) < 4.78 is 5.80. The lowest BCUT2D eigenvalue weighted by atomic mass is 10.0. The summed E-state index contributed by atoms with van der Waals surface area (Å²) >= 11 is 0. The zero-order chi connectivity index (χ0) is 15.3. The zero-order valence-electron chi connectivity index (χ0n) is 15.0. The Kier molecular flexibility index (Phi) is 11.3. The van der Waals surface area contributed by atoms with E-state index in [0.717, 1.165) is 5.92 Å². The molecule has 1 heterocycles. The first-order valence-electron chi connectivity index (χ1n) is 9.89. The van der Waals surface area contributed by atoms with E-state index in [2.05, 4.69) is 20.8 Å². The van der Waals surface area contributed by atoms with E-state index in [0.29, 0.717) is 12.2 Å². The Labute approximate surface area is 134 Å². The van der Waals surface area contributed by atoms with E-state index in [1.807, 2.05) is 0 Å². The predicted octanol–water partition coefficient (Wildman–Crippen LogP) is 6.89. The average molecular weight is 297 g/mol. The Morgan fingerprint density at radius 2 is 1.14 bits per heavy atom. The van der Waals surface area contributed by atoms with Crippen LogP contribution in [0.4, 0.5) is 0 Å². The first-order valence-corrected chi connectivity index (χ1v) is 9.89. The maximum absolute atomic E-state index is 5.80. The minimum atomic E-state index is 0.631. The first kappa shape index (κ1) is 19.0. The highest BCUT2D eigenvalue weighted by Crippen LogP contribution is 2.31. The van der Waals surface area contributed by atoms with E-state index in [-0.39, 0.29) is 0 Å². The monoisotopic (exact) mass is 296 g/mol. The zero-order valence-corrected chi connectivity index (χ0v) is 15.0. The molecule has 0 saturated carbocycles. The molecule has 0 aromatic heterocycles. The van der Waals surface area contributed by atoms with Crippen LogP contribution in [0, 0.1) is 5.92 Å². The third-order valence-electron chi connectivity index (χ3n) is 4.80. The summed E-state index contributed by atoms with van der Waals surface area (Å²) in [5, 5.41) is 0. The van der Waals surface area contributed by atoms with E-state index in [1.165, 1.54) is 89.9 Å². The van der Waals surface area contributed by atoms with E-state index in [9.17, 15) is 0 Å². The molecule has 0 N–H and O–H groups in total. The van der Waals surface area contributed by atoms with Crippen LogP contribution < -0.4 is 0 Å². The molecule has 0 aromatic carbocycles. The van der Waals surface area contributed by atoms with E-state index >= 15 is 0 Å². The summed E-state index contributed by atoms with van der Waals surface area (Å²) in [4.78, 5) is 0. The maximum Gasteiger partial charge on any atom is 0.0841 e. The van der Waals surface area contributed by atoms with Gasteiger partial charge in [-0.25, -0.2) is 0 Å². The third kappa shape index (κ3) is 11.2. The number of hydrogen-bond acceptors (Lipinski definition) is 1. The molecule has 21 heavy (non-hydrogen) atoms. The van der Waals surface area contributed by atoms with Crippen molar-refractivity contribution in [3.8, 4) is 0 Å². The Morgan fingerprint density at radius 1 is 0.667 bits per heavy atom. The molecular formula is C20H40O. The molecule has 0 radical (unpaired) electrons. The fraction of sp³-hybridized carbons (Fsp3) is 1.00. The molecule has 1 aliphatic rings. The van der Waals surface area contributed by atoms with Crippen LogP contribution in [0.5, 0.6) is 0 Å². The second-order valence-corrected chi connectivity index (χ2v) is 7.51. The van der Waals surface area contributed by atoms with Crippen molar-refractivity contribution in [3.05, 3.63) is 0 Å². The van der Waals surface area contributed by atoms with E-state index < -0.39 is 0 Å². The van der Waals surface area contributed by atoms with Gasteiger partial charge in [0, 0.05) is 0 Å². The molecule has 0 bridgehead atoms. The topological polar surface area (TPSA) is 12.5 Å². The van der Waals surface area contributed by atoms with Crippen LogP contribution in [-0.2, 0) is 4.74 Å². The van der Waals surface area contributed by atoms with Gasteiger partial charge in [0.25, 0.3) is 0 Å². The lowest BCUT2D eigenvalue weighted by molar-refractivity contribution is 0.346. The van der Waals surface area contributed by atoms with E-state index in [1.54, 1.807) is 0 Å². The first-order chi connectivity index (χ1) is 10.2. The molecular weight excluding hydrogens is 256 g/mol. The summed E-state index contributed by atoms with van der Waals surface area (Å²) in [5.74, 6) is 0.864. The number of ether oxygens (including phenoxy) is 1. The Morgan fingerprint density at radius 3 is 1.67 bits per heavy atom. The van der Waals surface area contributed by atoms with Crippen LogP contribution in [0.15, 0.2) is 0 Å². The molecule has 126 valence electrons. The summed E-state index contributed by atoms with van der Waals surface area (Å²) in [6.45, 7) is 6.93. The SMILES string of the molecule is CCCCCCCCCCCC1OC1CCCCC(C)C. The predicted molar refractivity (Wildman–Crippen MR) is 93.8 cm³/mol. The molecule has 1 nitrogen and oxygen atoms in total. The van der Waals surface area contributed by atoms with Gasteiger partial charge >= 0.3 is 0 Å². The van der Waals surface area contributed by atoms with Gasteiger partial charge in [-0.3, -0.25) is 0 Å². The Balaban J connectivity index is 1.75. The number of rotatable bonds is 15. The fourth-order valence-electron chi connectivity index (χ4n) is 3.24. The second-order valence-electron chi connectivity index (χ2n) is 7.51. The number of epoxide rings is 1. The van der Waals surface area contributed by atoms with Crippen molar-refractivity contribution < 1.29 is 4.74 Å². The highest BCUT2D eigenvalue weighted by atomic mass is 16.6. The number of hydrogen-bond donors (Lipinski definition) is 0. The molecule has 0 spiro atoms. The molecule has 0 amide bonds. The molecule has 1 fully saturated rings. The van der Waals surface area contributed by atoms with Crippen molar-refractivity contribution in [2.45, 2.75) is 123 Å². The largest absolute Gasteiger partial charge is 0.370 e. The van der Waals surface area contributed by atoms with E-state index in [4.69, 9.17) is 4.74 Å². The lowest BCUT2D eigenvalue weighted by Crippen LogP contribution is -1.95. The van der Waals surface area contributed by atoms with Crippen LogP contribution in [0.1, 0.15) is 111 Å². The normalized spacial score (nSPS) is 21.1. The van der Waals surface area contributed by atoms with Gasteiger partial charge < -0.3 is 4.74 Å². The summed E-state index contributed by atoms with van der Waals surface area (Å²) in [6, 6.07) is 0. The van der Waals surface area contributed by atoms with Crippen molar-refractivity contribution >= 4 is 0 Å². The summed E-state index contributed by atoms with van der Waals surface area (Å²) in [7, 11) is 0. The summed E-state index contributed by atoms with van der Waals surface area (Å²) in [5.41, 5.74) is 0. The van der Waals surface area contributed by atoms with Gasteiger partial charge in [-0.05, 0) is 18.8 Å². The molecule has 0 aliphatic carbocycles. The second kappa shape index (κ2) is 12.5. The van der Waals surface area contributed by atoms with Gasteiger partial charge in [-0.15, -0.1) is 0 Å². The smallest absolute Gasteiger partial charge is 0.0841 e. The Bertz CT molecular complexity index is 224. The van der Waals surface area contributed by atoms with Gasteiger partial charge in [0.2, 0.25) is 0 Å². The molecule has 0 aromatic rings. The highest BCUT2D eigenvalue weighted by molar-refractivity contribution is 4.84. The minimum Gasteiger partial charge on any atom is -0.370 e. The van der Waals surface area contributed by atoms with Gasteiger partial charge in [0.15, 0.2) is 0 Å². The maximum atomic E-state index is 5.80. The van der Waals surface area contributed by atoms with Crippen molar-refractivity contribution in [3.63, 3.8) is 0 Å². The van der Waals surface area contributed by atoms with Crippen LogP contribution >= 0.6 is 0 Å². The van der Waals surface area contributed by atoms with Gasteiger partial charge in [0.1, 0.15) is 0 Å². The van der Waals surface area contributed by atoms with Gasteiger partial charge in [0.05, 0.1) is 12.2 Å². The van der Waals surface area contributed by atoms with Gasteiger partial charge in [-0.1, -0.05) is 97.8 Å². The number of unbranched alkanes of at least 4 members (excludes halogenated alkanes) is 9. The van der Waals surface area contributed by atoms with Crippen molar-refractivity contribution in [2.75, 3.05) is 0 Å². The van der Waals surface area contributed by atoms with Crippen LogP contribution in [0.2, 0.25) is 0 Å². The van der Waals surface area contributed by atoms with Crippen LogP contribution in [0.3, 0.4) is 0 Å². The highest BCUT2D eigenvalue weighted by Gasteiger charge is 2.36. The molecule has 1 aliphatic heterocycles. The molecule has 2 atom stereocenters. The quantitative estimate of drug-likeness (QED) is 0.237.